The summed E-state index contributed by atoms with van der Waals surface area (Å²) in [4.78, 5) is 25.3. The molecule has 0 spiro atoms. The maximum absolute atomic E-state index is 12.7. The molecule has 1 aliphatic heterocycles. The van der Waals surface area contributed by atoms with Gasteiger partial charge in [-0.2, -0.15) is 4.31 Å². The Hall–Kier alpha value is -2.46. The minimum absolute atomic E-state index is 0.00571. The Labute approximate surface area is 192 Å². The van der Waals surface area contributed by atoms with Crippen molar-refractivity contribution in [3.8, 4) is 0 Å². The van der Waals surface area contributed by atoms with Crippen molar-refractivity contribution < 1.29 is 22.7 Å². The lowest BCUT2D eigenvalue weighted by Crippen LogP contribution is -2.37. The van der Waals surface area contributed by atoms with Crippen molar-refractivity contribution in [3.63, 3.8) is 0 Å². The van der Waals surface area contributed by atoms with E-state index in [1.165, 1.54) is 0 Å². The number of carbonyl (C=O) groups is 2. The molecule has 2 N–H and O–H groups in total. The van der Waals surface area contributed by atoms with Crippen molar-refractivity contribution >= 4 is 39.1 Å². The first kappa shape index (κ1) is 24.2. The van der Waals surface area contributed by atoms with Crippen molar-refractivity contribution in [1.29, 1.82) is 0 Å². The van der Waals surface area contributed by atoms with Crippen molar-refractivity contribution in [3.05, 3.63) is 64.7 Å². The first-order valence-corrected chi connectivity index (χ1v) is 12.4. The number of hydrogen-bond acceptors (Lipinski definition) is 5. The monoisotopic (exact) mass is 479 g/mol. The molecule has 0 unspecified atom stereocenters. The van der Waals surface area contributed by atoms with E-state index in [9.17, 15) is 18.0 Å². The van der Waals surface area contributed by atoms with E-state index in [2.05, 4.69) is 10.6 Å². The average Bonchev–Trinajstić information content (AvgIpc) is 3.26. The highest BCUT2D eigenvalue weighted by Gasteiger charge is 2.23. The molecule has 0 aromatic heterocycles. The van der Waals surface area contributed by atoms with Crippen LogP contribution in [0, 0.1) is 0 Å². The molecule has 2 aromatic carbocycles. The standard InChI is InChI=1S/C22H26ClN3O5S/c1-32(29,30)26(14-16-7-2-4-10-19(16)23)15-21(27)25-20-11-5-3-9-18(20)22(28)24-13-17-8-6-12-31-17/h2-5,7,9-11,17H,6,8,12-15H2,1H3,(H,24,28)(H,25,27)/t17-/m1/s1. The highest BCUT2D eigenvalue weighted by Crippen LogP contribution is 2.19. The molecule has 172 valence electrons. The van der Waals surface area contributed by atoms with Gasteiger partial charge in [0.25, 0.3) is 5.91 Å². The summed E-state index contributed by atoms with van der Waals surface area (Å²) in [7, 11) is -3.69. The van der Waals surface area contributed by atoms with Crippen LogP contribution in [0.15, 0.2) is 48.5 Å². The van der Waals surface area contributed by atoms with Crippen LogP contribution in [0.3, 0.4) is 0 Å². The van der Waals surface area contributed by atoms with Crippen molar-refractivity contribution in [2.45, 2.75) is 25.5 Å². The minimum Gasteiger partial charge on any atom is -0.376 e. The third-order valence-electron chi connectivity index (χ3n) is 5.05. The van der Waals surface area contributed by atoms with E-state index in [0.29, 0.717) is 29.4 Å². The molecule has 10 heteroatoms. The number of benzene rings is 2. The largest absolute Gasteiger partial charge is 0.376 e. The van der Waals surface area contributed by atoms with E-state index in [1.54, 1.807) is 48.5 Å². The molecule has 0 aliphatic carbocycles. The molecule has 1 aliphatic rings. The number of amides is 2. The zero-order chi connectivity index (χ0) is 23.1. The van der Waals surface area contributed by atoms with E-state index < -0.39 is 22.5 Å². The fourth-order valence-corrected chi connectivity index (χ4v) is 4.27. The molecule has 0 saturated carbocycles. The molecule has 1 saturated heterocycles. The Morgan fingerprint density at radius 3 is 2.56 bits per heavy atom. The Kier molecular flexibility index (Phi) is 8.25. The van der Waals surface area contributed by atoms with Crippen molar-refractivity contribution in [2.75, 3.05) is 31.3 Å². The summed E-state index contributed by atoms with van der Waals surface area (Å²) in [6, 6.07) is 13.4. The average molecular weight is 480 g/mol. The topological polar surface area (TPSA) is 105 Å². The second-order valence-electron chi connectivity index (χ2n) is 7.56. The predicted molar refractivity (Wildman–Crippen MR) is 123 cm³/mol. The van der Waals surface area contributed by atoms with Crippen LogP contribution in [0.25, 0.3) is 0 Å². The molecule has 0 bridgehead atoms. The Bertz CT molecular complexity index is 1070. The maximum Gasteiger partial charge on any atom is 0.253 e. The zero-order valence-corrected chi connectivity index (χ0v) is 19.3. The molecule has 1 heterocycles. The number of halogens is 1. The summed E-state index contributed by atoms with van der Waals surface area (Å²) in [6.07, 6.45) is 2.89. The van der Waals surface area contributed by atoms with E-state index in [4.69, 9.17) is 16.3 Å². The lowest BCUT2D eigenvalue weighted by molar-refractivity contribution is -0.116. The van der Waals surface area contributed by atoms with Crippen LogP contribution in [0.2, 0.25) is 5.02 Å². The van der Waals surface area contributed by atoms with Crippen molar-refractivity contribution in [1.82, 2.24) is 9.62 Å². The number of carbonyl (C=O) groups excluding carboxylic acids is 2. The van der Waals surface area contributed by atoms with Gasteiger partial charge in [0.15, 0.2) is 0 Å². The van der Waals surface area contributed by atoms with Gasteiger partial charge in [0.1, 0.15) is 0 Å². The number of sulfonamides is 1. The first-order valence-electron chi connectivity index (χ1n) is 10.2. The molecular weight excluding hydrogens is 454 g/mol. The van der Waals surface area contributed by atoms with E-state index in [0.717, 1.165) is 23.4 Å². The van der Waals surface area contributed by atoms with Crippen molar-refractivity contribution in [2.24, 2.45) is 0 Å². The summed E-state index contributed by atoms with van der Waals surface area (Å²) in [5.74, 6) is -0.908. The summed E-state index contributed by atoms with van der Waals surface area (Å²) in [5, 5.41) is 5.89. The Morgan fingerprint density at radius 2 is 1.88 bits per heavy atom. The molecule has 3 rings (SSSR count). The van der Waals surface area contributed by atoms with E-state index in [-0.39, 0.29) is 24.1 Å². The second kappa shape index (κ2) is 10.9. The van der Waals surface area contributed by atoms with Gasteiger partial charge in [0.05, 0.1) is 30.2 Å². The van der Waals surface area contributed by atoms with E-state index >= 15 is 0 Å². The molecule has 1 fully saturated rings. The predicted octanol–water partition coefficient (Wildman–Crippen LogP) is 2.65. The van der Waals surface area contributed by atoms with Crippen LogP contribution in [-0.2, 0) is 26.1 Å². The van der Waals surface area contributed by atoms with Crippen LogP contribution in [0.5, 0.6) is 0 Å². The van der Waals surface area contributed by atoms with Crippen LogP contribution in [-0.4, -0.2) is 56.6 Å². The molecule has 0 radical (unpaired) electrons. The number of nitrogens with one attached hydrogen (secondary N) is 2. The van der Waals surface area contributed by atoms with Gasteiger partial charge in [0, 0.05) is 24.7 Å². The second-order valence-corrected chi connectivity index (χ2v) is 9.95. The number of hydrogen-bond donors (Lipinski definition) is 2. The molecule has 2 amide bonds. The van der Waals surface area contributed by atoms with Gasteiger partial charge in [0.2, 0.25) is 15.9 Å². The minimum atomic E-state index is -3.69. The highest BCUT2D eigenvalue weighted by molar-refractivity contribution is 7.88. The Balaban J connectivity index is 1.67. The lowest BCUT2D eigenvalue weighted by atomic mass is 10.1. The zero-order valence-electron chi connectivity index (χ0n) is 17.7. The van der Waals surface area contributed by atoms with E-state index in [1.807, 2.05) is 0 Å². The molecular formula is C22H26ClN3O5S. The third kappa shape index (κ3) is 6.77. The lowest BCUT2D eigenvalue weighted by Gasteiger charge is -2.20. The fourth-order valence-electron chi connectivity index (χ4n) is 3.35. The number of rotatable bonds is 9. The molecule has 8 nitrogen and oxygen atoms in total. The summed E-state index contributed by atoms with van der Waals surface area (Å²) >= 11 is 6.14. The quantitative estimate of drug-likeness (QED) is 0.575. The first-order chi connectivity index (χ1) is 15.2. The fraction of sp³-hybridized carbons (Fsp3) is 0.364. The maximum atomic E-state index is 12.7. The SMILES string of the molecule is CS(=O)(=O)N(CC(=O)Nc1ccccc1C(=O)NC[C@H]1CCCO1)Cc1ccccc1Cl. The molecule has 1 atom stereocenters. The number of ether oxygens (including phenoxy) is 1. The van der Waals surface area contributed by atoms with Crippen LogP contribution in [0.1, 0.15) is 28.8 Å². The molecule has 2 aromatic rings. The smallest absolute Gasteiger partial charge is 0.253 e. The van der Waals surface area contributed by atoms with Crippen LogP contribution < -0.4 is 10.6 Å². The Morgan fingerprint density at radius 1 is 1.16 bits per heavy atom. The molecule has 32 heavy (non-hydrogen) atoms. The van der Waals surface area contributed by atoms with Gasteiger partial charge < -0.3 is 15.4 Å². The summed E-state index contributed by atoms with van der Waals surface area (Å²) in [5.41, 5.74) is 1.17. The number of nitrogens with zero attached hydrogens (tertiary/aromatic N) is 1. The van der Waals surface area contributed by atoms with Gasteiger partial charge >= 0.3 is 0 Å². The summed E-state index contributed by atoms with van der Waals surface area (Å²) in [6.45, 7) is 0.615. The number of para-hydroxylation sites is 1. The van der Waals surface area contributed by atoms with Gasteiger partial charge in [-0.1, -0.05) is 41.9 Å². The normalized spacial score (nSPS) is 16.2. The van der Waals surface area contributed by atoms with Crippen LogP contribution in [0.4, 0.5) is 5.69 Å². The van der Waals surface area contributed by atoms with Gasteiger partial charge in [-0.15, -0.1) is 0 Å². The summed E-state index contributed by atoms with van der Waals surface area (Å²) < 4.78 is 31.0. The van der Waals surface area contributed by atoms with Crippen LogP contribution >= 0.6 is 11.6 Å². The highest BCUT2D eigenvalue weighted by atomic mass is 35.5. The van der Waals surface area contributed by atoms with Gasteiger partial charge in [-0.25, -0.2) is 8.42 Å². The van der Waals surface area contributed by atoms with Gasteiger partial charge in [-0.3, -0.25) is 9.59 Å². The third-order valence-corrected chi connectivity index (χ3v) is 6.62. The number of anilines is 1. The van der Waals surface area contributed by atoms with Gasteiger partial charge in [-0.05, 0) is 36.6 Å².